The first-order valence-electron chi connectivity index (χ1n) is 7.11. The SMILES string of the molecule is C=CCNC(=NCC1CCOC1)NCCc1ccco1. The lowest BCUT2D eigenvalue weighted by Gasteiger charge is -2.12. The van der Waals surface area contributed by atoms with Gasteiger partial charge in [0.05, 0.1) is 12.9 Å². The van der Waals surface area contributed by atoms with Crippen molar-refractivity contribution in [3.05, 3.63) is 36.8 Å². The van der Waals surface area contributed by atoms with Crippen molar-refractivity contribution >= 4 is 5.96 Å². The van der Waals surface area contributed by atoms with Crippen LogP contribution in [0.4, 0.5) is 0 Å². The van der Waals surface area contributed by atoms with Gasteiger partial charge < -0.3 is 19.8 Å². The summed E-state index contributed by atoms with van der Waals surface area (Å²) in [5.74, 6) is 2.34. The summed E-state index contributed by atoms with van der Waals surface area (Å²) in [6.45, 7) is 7.69. The Kier molecular flexibility index (Phi) is 6.17. The van der Waals surface area contributed by atoms with Crippen molar-refractivity contribution in [1.82, 2.24) is 10.6 Å². The highest BCUT2D eigenvalue weighted by atomic mass is 16.5. The highest BCUT2D eigenvalue weighted by Gasteiger charge is 2.15. The molecule has 0 amide bonds. The molecule has 5 heteroatoms. The number of hydrogen-bond acceptors (Lipinski definition) is 3. The molecule has 0 bridgehead atoms. The molecule has 1 fully saturated rings. The molecule has 20 heavy (non-hydrogen) atoms. The Morgan fingerprint density at radius 2 is 2.45 bits per heavy atom. The maximum Gasteiger partial charge on any atom is 0.191 e. The number of rotatable bonds is 7. The molecule has 1 aromatic rings. The number of ether oxygens (including phenoxy) is 1. The Morgan fingerprint density at radius 3 is 3.15 bits per heavy atom. The molecule has 5 nitrogen and oxygen atoms in total. The zero-order valence-corrected chi connectivity index (χ0v) is 11.8. The predicted molar refractivity (Wildman–Crippen MR) is 79.8 cm³/mol. The number of furan rings is 1. The van der Waals surface area contributed by atoms with Gasteiger partial charge in [0.15, 0.2) is 5.96 Å². The molecule has 0 saturated carbocycles. The molecule has 0 spiro atoms. The zero-order valence-electron chi connectivity index (χ0n) is 11.8. The van der Waals surface area contributed by atoms with Crippen molar-refractivity contribution in [3.63, 3.8) is 0 Å². The molecule has 110 valence electrons. The van der Waals surface area contributed by atoms with Gasteiger partial charge in [-0.2, -0.15) is 0 Å². The number of aliphatic imine (C=N–C) groups is 1. The molecule has 0 aromatic carbocycles. The van der Waals surface area contributed by atoms with E-state index in [1.54, 1.807) is 6.26 Å². The smallest absolute Gasteiger partial charge is 0.191 e. The molecule has 1 saturated heterocycles. The fourth-order valence-electron chi connectivity index (χ4n) is 2.05. The minimum absolute atomic E-state index is 0.544. The fourth-order valence-corrected chi connectivity index (χ4v) is 2.05. The first-order valence-corrected chi connectivity index (χ1v) is 7.11. The van der Waals surface area contributed by atoms with Gasteiger partial charge in [0.1, 0.15) is 5.76 Å². The molecule has 1 aliphatic heterocycles. The molecule has 1 aliphatic rings. The van der Waals surface area contributed by atoms with Crippen LogP contribution in [0.2, 0.25) is 0 Å². The van der Waals surface area contributed by atoms with E-state index < -0.39 is 0 Å². The van der Waals surface area contributed by atoms with Gasteiger partial charge in [-0.3, -0.25) is 4.99 Å². The molecule has 2 N–H and O–H groups in total. The summed E-state index contributed by atoms with van der Waals surface area (Å²) in [7, 11) is 0. The van der Waals surface area contributed by atoms with E-state index in [4.69, 9.17) is 9.15 Å². The summed E-state index contributed by atoms with van der Waals surface area (Å²) in [6.07, 6.45) is 5.46. The minimum Gasteiger partial charge on any atom is -0.469 e. The average molecular weight is 277 g/mol. The molecular weight excluding hydrogens is 254 g/mol. The van der Waals surface area contributed by atoms with Gasteiger partial charge in [-0.05, 0) is 18.6 Å². The third-order valence-electron chi connectivity index (χ3n) is 3.19. The third kappa shape index (κ3) is 5.09. The van der Waals surface area contributed by atoms with E-state index >= 15 is 0 Å². The molecule has 1 atom stereocenters. The number of nitrogens with zero attached hydrogens (tertiary/aromatic N) is 1. The Morgan fingerprint density at radius 1 is 1.50 bits per heavy atom. The first kappa shape index (κ1) is 14.7. The van der Waals surface area contributed by atoms with E-state index in [0.29, 0.717) is 12.5 Å². The fraction of sp³-hybridized carbons (Fsp3) is 0.533. The van der Waals surface area contributed by atoms with Gasteiger partial charge in [0.2, 0.25) is 0 Å². The van der Waals surface area contributed by atoms with E-state index in [9.17, 15) is 0 Å². The molecule has 2 heterocycles. The van der Waals surface area contributed by atoms with Crippen molar-refractivity contribution in [2.45, 2.75) is 12.8 Å². The van der Waals surface area contributed by atoms with Crippen molar-refractivity contribution in [3.8, 4) is 0 Å². The highest BCUT2D eigenvalue weighted by Crippen LogP contribution is 2.11. The monoisotopic (exact) mass is 277 g/mol. The van der Waals surface area contributed by atoms with E-state index in [2.05, 4.69) is 22.2 Å². The van der Waals surface area contributed by atoms with Crippen LogP contribution in [0.15, 0.2) is 40.5 Å². The summed E-state index contributed by atoms with van der Waals surface area (Å²) in [4.78, 5) is 4.60. The van der Waals surface area contributed by atoms with Crippen molar-refractivity contribution < 1.29 is 9.15 Å². The van der Waals surface area contributed by atoms with Gasteiger partial charge in [-0.1, -0.05) is 6.08 Å². The van der Waals surface area contributed by atoms with Crippen LogP contribution in [-0.2, 0) is 11.2 Å². The number of hydrogen-bond donors (Lipinski definition) is 2. The molecule has 0 aliphatic carbocycles. The second-order valence-electron chi connectivity index (χ2n) is 4.84. The summed E-state index contributed by atoms with van der Waals surface area (Å²) in [6, 6.07) is 3.88. The van der Waals surface area contributed by atoms with Crippen LogP contribution in [0.5, 0.6) is 0 Å². The van der Waals surface area contributed by atoms with Gasteiger partial charge in [0, 0.05) is 38.6 Å². The lowest BCUT2D eigenvalue weighted by molar-refractivity contribution is 0.187. The summed E-state index contributed by atoms with van der Waals surface area (Å²) in [5.41, 5.74) is 0. The summed E-state index contributed by atoms with van der Waals surface area (Å²) < 4.78 is 10.7. The highest BCUT2D eigenvalue weighted by molar-refractivity contribution is 5.79. The Hall–Kier alpha value is -1.75. The number of guanidine groups is 1. The Balaban J connectivity index is 1.75. The second-order valence-corrected chi connectivity index (χ2v) is 4.84. The quantitative estimate of drug-likeness (QED) is 0.451. The Labute approximate surface area is 120 Å². The van der Waals surface area contributed by atoms with E-state index in [-0.39, 0.29) is 0 Å². The Bertz CT molecular complexity index is 409. The van der Waals surface area contributed by atoms with Gasteiger partial charge in [-0.15, -0.1) is 6.58 Å². The molecular formula is C15H23N3O2. The van der Waals surface area contributed by atoms with Crippen LogP contribution in [0.1, 0.15) is 12.2 Å². The van der Waals surface area contributed by atoms with E-state index in [1.807, 2.05) is 18.2 Å². The van der Waals surface area contributed by atoms with Crippen LogP contribution in [-0.4, -0.2) is 38.8 Å². The molecule has 1 aromatic heterocycles. The topological polar surface area (TPSA) is 58.8 Å². The standard InChI is InChI=1S/C15H23N3O2/c1-2-7-16-15(18-11-13-6-10-19-12-13)17-8-5-14-4-3-9-20-14/h2-4,9,13H,1,5-8,10-12H2,(H2,16,17,18). The van der Waals surface area contributed by atoms with Crippen molar-refractivity contribution in [2.24, 2.45) is 10.9 Å². The maximum absolute atomic E-state index is 5.36. The maximum atomic E-state index is 5.36. The van der Waals surface area contributed by atoms with Crippen molar-refractivity contribution in [1.29, 1.82) is 0 Å². The van der Waals surface area contributed by atoms with Crippen LogP contribution in [0.3, 0.4) is 0 Å². The van der Waals surface area contributed by atoms with Gasteiger partial charge in [0.25, 0.3) is 0 Å². The van der Waals surface area contributed by atoms with Gasteiger partial charge >= 0.3 is 0 Å². The van der Waals surface area contributed by atoms with Crippen LogP contribution >= 0.6 is 0 Å². The average Bonchev–Trinajstić information content (AvgIpc) is 3.14. The zero-order chi connectivity index (χ0) is 14.0. The first-order chi connectivity index (χ1) is 9.88. The van der Waals surface area contributed by atoms with Crippen molar-refractivity contribution in [2.75, 3.05) is 32.8 Å². The van der Waals surface area contributed by atoms with E-state index in [0.717, 1.165) is 50.9 Å². The molecule has 2 rings (SSSR count). The number of nitrogens with one attached hydrogen (secondary N) is 2. The van der Waals surface area contributed by atoms with Gasteiger partial charge in [-0.25, -0.2) is 0 Å². The second kappa shape index (κ2) is 8.43. The summed E-state index contributed by atoms with van der Waals surface area (Å²) >= 11 is 0. The largest absolute Gasteiger partial charge is 0.469 e. The minimum atomic E-state index is 0.544. The predicted octanol–water partition coefficient (Wildman–Crippen LogP) is 1.58. The normalized spacial score (nSPS) is 19.0. The lowest BCUT2D eigenvalue weighted by Crippen LogP contribution is -2.38. The molecule has 1 unspecified atom stereocenters. The van der Waals surface area contributed by atoms with Crippen LogP contribution in [0.25, 0.3) is 0 Å². The lowest BCUT2D eigenvalue weighted by atomic mass is 10.1. The van der Waals surface area contributed by atoms with E-state index in [1.165, 1.54) is 0 Å². The third-order valence-corrected chi connectivity index (χ3v) is 3.19. The van der Waals surface area contributed by atoms with Crippen LogP contribution in [0, 0.1) is 5.92 Å². The molecule has 0 radical (unpaired) electrons. The van der Waals surface area contributed by atoms with Crippen LogP contribution < -0.4 is 10.6 Å². The summed E-state index contributed by atoms with van der Waals surface area (Å²) in [5, 5.41) is 6.53.